The Balaban J connectivity index is 1.08. The van der Waals surface area contributed by atoms with Crippen molar-refractivity contribution < 1.29 is 4.74 Å². The fraction of sp³-hybridized carbons (Fsp3) is 0.0167. The topological polar surface area (TPSA) is 54.2 Å². The number of rotatable bonds is 3. The Kier molecular flexibility index (Phi) is 7.10. The van der Waals surface area contributed by atoms with Crippen LogP contribution in [0.1, 0.15) is 22.3 Å². The van der Waals surface area contributed by atoms with Crippen LogP contribution in [0.15, 0.2) is 207 Å². The quantitative estimate of drug-likeness (QED) is 0.166. The molecule has 1 unspecified atom stereocenters. The highest BCUT2D eigenvalue weighted by molar-refractivity contribution is 6.12. The van der Waals surface area contributed by atoms with E-state index in [-0.39, 0.29) is 0 Å². The van der Waals surface area contributed by atoms with Crippen LogP contribution >= 0.6 is 0 Å². The van der Waals surface area contributed by atoms with Crippen molar-refractivity contribution in [1.82, 2.24) is 23.7 Å². The lowest BCUT2D eigenvalue weighted by Gasteiger charge is -2.39. The molecule has 1 spiro atoms. The van der Waals surface area contributed by atoms with Crippen LogP contribution in [0.3, 0.4) is 0 Å². The molecule has 0 radical (unpaired) electrons. The Morgan fingerprint density at radius 2 is 0.791 bits per heavy atom. The van der Waals surface area contributed by atoms with Gasteiger partial charge in [-0.1, -0.05) is 115 Å². The molecule has 1 aliphatic heterocycles. The first-order chi connectivity index (χ1) is 33.2. The number of nitrogens with zero attached hydrogens (tertiary/aromatic N) is 6. The maximum absolute atomic E-state index is 7.84. The molecule has 6 heterocycles. The third-order valence-corrected chi connectivity index (χ3v) is 14.4. The van der Waals surface area contributed by atoms with Crippen LogP contribution in [0.5, 0.6) is 11.5 Å². The minimum absolute atomic E-state index is 0.608. The number of para-hydroxylation sites is 6. The minimum Gasteiger partial charge on any atom is -0.457 e. The van der Waals surface area contributed by atoms with Crippen molar-refractivity contribution in [1.29, 1.82) is 0 Å². The zero-order valence-corrected chi connectivity index (χ0v) is 35.7. The lowest BCUT2D eigenvalue weighted by Crippen LogP contribution is -2.32. The largest absolute Gasteiger partial charge is 0.457 e. The van der Waals surface area contributed by atoms with Crippen molar-refractivity contribution in [3.05, 3.63) is 240 Å². The summed E-state index contributed by atoms with van der Waals surface area (Å²) in [5.41, 5.74) is 14.9. The van der Waals surface area contributed by atoms with Gasteiger partial charge >= 0.3 is 0 Å². The molecule has 2 aliphatic rings. The molecule has 15 rings (SSSR count). The molecule has 0 fully saturated rings. The minimum atomic E-state index is -0.926. The van der Waals surface area contributed by atoms with Crippen molar-refractivity contribution in [2.75, 3.05) is 0 Å². The molecule has 7 heteroatoms. The van der Waals surface area contributed by atoms with Gasteiger partial charge in [-0.05, 0) is 84.2 Å². The van der Waals surface area contributed by atoms with E-state index >= 15 is 0 Å². The summed E-state index contributed by atoms with van der Waals surface area (Å²) in [7, 11) is 0. The van der Waals surface area contributed by atoms with Crippen LogP contribution in [-0.4, -0.2) is 23.7 Å². The summed E-state index contributed by atoms with van der Waals surface area (Å²) in [6.45, 7) is 7.84. The first-order valence-electron chi connectivity index (χ1n) is 22.5. The molecule has 0 amide bonds. The van der Waals surface area contributed by atoms with E-state index in [0.717, 1.165) is 106 Å². The van der Waals surface area contributed by atoms with Crippen molar-refractivity contribution >= 4 is 71.1 Å². The number of pyridine rings is 2. The fourth-order valence-corrected chi connectivity index (χ4v) is 11.7. The molecule has 7 nitrogen and oxygen atoms in total. The van der Waals surface area contributed by atoms with E-state index < -0.39 is 5.41 Å². The second kappa shape index (κ2) is 13.2. The first-order valence-corrected chi connectivity index (χ1v) is 22.5. The number of ether oxygens (including phenoxy) is 1. The smallest absolute Gasteiger partial charge is 0.188 e. The Morgan fingerprint density at radius 1 is 0.373 bits per heavy atom. The molecular formula is C60H34N6O. The van der Waals surface area contributed by atoms with E-state index in [2.05, 4.69) is 201 Å². The number of hydrogen-bond donors (Lipinski definition) is 0. The van der Waals surface area contributed by atoms with Crippen molar-refractivity contribution in [3.8, 4) is 39.9 Å². The van der Waals surface area contributed by atoms with Gasteiger partial charge in [-0.2, -0.15) is 0 Å². The van der Waals surface area contributed by atoms with Gasteiger partial charge in [0.15, 0.2) is 5.69 Å². The van der Waals surface area contributed by atoms with E-state index in [1.165, 1.54) is 21.5 Å². The monoisotopic (exact) mass is 854 g/mol. The second-order valence-corrected chi connectivity index (χ2v) is 17.6. The molecule has 0 saturated carbocycles. The zero-order valence-electron chi connectivity index (χ0n) is 35.7. The molecule has 0 bridgehead atoms. The van der Waals surface area contributed by atoms with Gasteiger partial charge in [-0.3, -0.25) is 9.97 Å². The zero-order chi connectivity index (χ0) is 44.0. The van der Waals surface area contributed by atoms with Crippen LogP contribution in [0, 0.1) is 6.57 Å². The van der Waals surface area contributed by atoms with Gasteiger partial charge in [-0.25, -0.2) is 4.85 Å². The Morgan fingerprint density at radius 3 is 1.31 bits per heavy atom. The molecule has 13 aromatic rings. The number of aromatic nitrogens is 5. The molecule has 5 aromatic heterocycles. The summed E-state index contributed by atoms with van der Waals surface area (Å²) in [5, 5.41) is 6.89. The highest BCUT2D eigenvalue weighted by atomic mass is 16.5. The summed E-state index contributed by atoms with van der Waals surface area (Å²) in [5.74, 6) is 1.56. The number of hydrogen-bond acceptors (Lipinski definition) is 3. The van der Waals surface area contributed by atoms with Crippen LogP contribution < -0.4 is 4.74 Å². The summed E-state index contributed by atoms with van der Waals surface area (Å²) in [6.07, 6.45) is 4.00. The van der Waals surface area contributed by atoms with Gasteiger partial charge in [0, 0.05) is 54.9 Å². The lowest BCUT2D eigenvalue weighted by atomic mass is 9.66. The average Bonchev–Trinajstić information content (AvgIpc) is 4.10. The van der Waals surface area contributed by atoms with E-state index in [1.807, 2.05) is 24.5 Å². The van der Waals surface area contributed by atoms with Crippen molar-refractivity contribution in [2.24, 2.45) is 0 Å². The molecule has 8 aromatic carbocycles. The van der Waals surface area contributed by atoms with Crippen molar-refractivity contribution in [3.63, 3.8) is 0 Å². The van der Waals surface area contributed by atoms with Gasteiger partial charge in [-0.15, -0.1) is 0 Å². The van der Waals surface area contributed by atoms with Gasteiger partial charge in [0.25, 0.3) is 0 Å². The molecular weight excluding hydrogens is 821 g/mol. The SMILES string of the molecule is [C-]#[N+]c1ccc2c(c1)c1ccccc1n2-c1cnc2c(c1)C1(c3ccccc3Oc3ccc(-n4c5ccccc5c5ccccc54)cc31)c1cc(-n3c4ccccc4c4ccccc43)cnc1-2. The van der Waals surface area contributed by atoms with Gasteiger partial charge < -0.3 is 18.4 Å². The molecule has 1 atom stereocenters. The van der Waals surface area contributed by atoms with E-state index in [1.54, 1.807) is 0 Å². The maximum Gasteiger partial charge on any atom is 0.188 e. The van der Waals surface area contributed by atoms with Gasteiger partial charge in [0.05, 0.1) is 80.2 Å². The van der Waals surface area contributed by atoms with Crippen LogP contribution in [0.25, 0.3) is 98.7 Å². The standard InChI is InChI=1S/C60H34N6O/c1-61-36-26-28-55-45(30-36)44-18-6-12-24-54(44)66(55)39-33-49-59(63-35-39)58-48(32-38(34-62-58)65-52-22-10-4-16-42(52)43-17-5-11-23-53(43)65)60(49)46-19-7-13-25-56(46)67-57-29-27-37(31-47(57)60)64-50-20-8-2-14-40(50)41-15-3-9-21-51(41)64/h2-35H. The molecule has 310 valence electrons. The Hall–Kier alpha value is -9.25. The summed E-state index contributed by atoms with van der Waals surface area (Å²) in [6, 6.07) is 68.8. The Bertz CT molecular complexity index is 4250. The maximum atomic E-state index is 7.84. The normalized spacial score (nSPS) is 14.7. The molecule has 1 aliphatic carbocycles. The first kappa shape index (κ1) is 36.1. The van der Waals surface area contributed by atoms with Gasteiger partial charge in [0.2, 0.25) is 0 Å². The lowest BCUT2D eigenvalue weighted by molar-refractivity contribution is 0.436. The molecule has 0 saturated heterocycles. The van der Waals surface area contributed by atoms with Crippen molar-refractivity contribution in [2.45, 2.75) is 5.41 Å². The predicted octanol–water partition coefficient (Wildman–Crippen LogP) is 14.8. The second-order valence-electron chi connectivity index (χ2n) is 17.6. The van der Waals surface area contributed by atoms with Gasteiger partial charge in [0.1, 0.15) is 11.5 Å². The molecule has 67 heavy (non-hydrogen) atoms. The fourth-order valence-electron chi connectivity index (χ4n) is 11.7. The van der Waals surface area contributed by atoms with E-state index in [9.17, 15) is 0 Å². The van der Waals surface area contributed by atoms with Crippen LogP contribution in [-0.2, 0) is 5.41 Å². The third kappa shape index (κ3) is 4.68. The van der Waals surface area contributed by atoms with E-state index in [0.29, 0.717) is 5.69 Å². The summed E-state index contributed by atoms with van der Waals surface area (Å²) in [4.78, 5) is 14.7. The summed E-state index contributed by atoms with van der Waals surface area (Å²) < 4.78 is 14.0. The Labute approximate surface area is 383 Å². The third-order valence-electron chi connectivity index (χ3n) is 14.4. The van der Waals surface area contributed by atoms with Crippen LogP contribution in [0.2, 0.25) is 0 Å². The summed E-state index contributed by atoms with van der Waals surface area (Å²) >= 11 is 0. The van der Waals surface area contributed by atoms with E-state index in [4.69, 9.17) is 21.3 Å². The highest BCUT2D eigenvalue weighted by Gasteiger charge is 2.53. The number of fused-ring (bicyclic) bond motifs is 18. The number of benzene rings is 8. The predicted molar refractivity (Wildman–Crippen MR) is 269 cm³/mol. The van der Waals surface area contributed by atoms with Crippen LogP contribution in [0.4, 0.5) is 5.69 Å². The highest BCUT2D eigenvalue weighted by Crippen LogP contribution is 2.62. The average molecular weight is 855 g/mol. The molecule has 0 N–H and O–H groups in total.